The number of halogens is 1. The standard InChI is InChI=1S/C12H14ClNO2/c1-8-5-11(6-9(2)12(8)13)16-7-10(15)3-4-14/h5-6,10,15H,3,7H2,1-2H3. The number of hydrogen-bond acceptors (Lipinski definition) is 3. The van der Waals surface area contributed by atoms with E-state index < -0.39 is 6.10 Å². The average molecular weight is 240 g/mol. The molecule has 1 aromatic carbocycles. The van der Waals surface area contributed by atoms with E-state index in [4.69, 9.17) is 21.6 Å². The molecule has 1 rings (SSSR count). The van der Waals surface area contributed by atoms with Crippen molar-refractivity contribution >= 4 is 11.6 Å². The third-order valence-electron chi connectivity index (χ3n) is 2.18. The van der Waals surface area contributed by atoms with E-state index in [-0.39, 0.29) is 13.0 Å². The molecule has 3 nitrogen and oxygen atoms in total. The second-order valence-corrected chi connectivity index (χ2v) is 4.08. The Morgan fingerprint density at radius 2 is 2.00 bits per heavy atom. The molecule has 0 heterocycles. The summed E-state index contributed by atoms with van der Waals surface area (Å²) >= 11 is 6.01. The summed E-state index contributed by atoms with van der Waals surface area (Å²) in [5.74, 6) is 0.663. The Labute approximate surface area is 100 Å². The van der Waals surface area contributed by atoms with Crippen molar-refractivity contribution in [3.8, 4) is 11.8 Å². The summed E-state index contributed by atoms with van der Waals surface area (Å²) in [6.45, 7) is 3.91. The van der Waals surface area contributed by atoms with Gasteiger partial charge in [0.05, 0.1) is 12.5 Å². The van der Waals surface area contributed by atoms with Gasteiger partial charge >= 0.3 is 0 Å². The molecule has 0 saturated heterocycles. The highest BCUT2D eigenvalue weighted by Crippen LogP contribution is 2.25. The Morgan fingerprint density at radius 3 is 2.50 bits per heavy atom. The molecule has 4 heteroatoms. The van der Waals surface area contributed by atoms with Gasteiger partial charge in [0.2, 0.25) is 0 Å². The molecule has 1 N–H and O–H groups in total. The number of aliphatic hydroxyl groups excluding tert-OH is 1. The van der Waals surface area contributed by atoms with Crippen molar-refractivity contribution in [2.75, 3.05) is 6.61 Å². The Kier molecular flexibility index (Phi) is 4.60. The van der Waals surface area contributed by atoms with E-state index in [1.54, 1.807) is 0 Å². The molecule has 0 aliphatic heterocycles. The van der Waals surface area contributed by atoms with Crippen molar-refractivity contribution < 1.29 is 9.84 Å². The number of aliphatic hydroxyl groups is 1. The van der Waals surface area contributed by atoms with Gasteiger partial charge in [0.1, 0.15) is 18.5 Å². The maximum absolute atomic E-state index is 9.33. The molecule has 1 unspecified atom stereocenters. The summed E-state index contributed by atoms with van der Waals surface area (Å²) < 4.78 is 5.38. The lowest BCUT2D eigenvalue weighted by Gasteiger charge is -2.11. The van der Waals surface area contributed by atoms with Crippen LogP contribution in [0.1, 0.15) is 17.5 Å². The van der Waals surface area contributed by atoms with Gasteiger partial charge in [0.15, 0.2) is 0 Å². The van der Waals surface area contributed by atoms with Crippen LogP contribution in [0, 0.1) is 25.2 Å². The zero-order valence-electron chi connectivity index (χ0n) is 9.33. The Morgan fingerprint density at radius 1 is 1.44 bits per heavy atom. The first-order valence-corrected chi connectivity index (χ1v) is 5.37. The summed E-state index contributed by atoms with van der Waals surface area (Å²) in [7, 11) is 0. The summed E-state index contributed by atoms with van der Waals surface area (Å²) in [5, 5.41) is 18.4. The lowest BCUT2D eigenvalue weighted by molar-refractivity contribution is 0.111. The molecule has 0 saturated carbocycles. The van der Waals surface area contributed by atoms with E-state index in [0.29, 0.717) is 5.75 Å². The van der Waals surface area contributed by atoms with Gasteiger partial charge < -0.3 is 9.84 Å². The third-order valence-corrected chi connectivity index (χ3v) is 2.78. The van der Waals surface area contributed by atoms with E-state index in [9.17, 15) is 5.11 Å². The minimum absolute atomic E-state index is 0.0750. The molecule has 1 atom stereocenters. The van der Waals surface area contributed by atoms with Gasteiger partial charge in [-0.05, 0) is 37.1 Å². The van der Waals surface area contributed by atoms with Gasteiger partial charge in [0, 0.05) is 5.02 Å². The van der Waals surface area contributed by atoms with Crippen LogP contribution in [0.3, 0.4) is 0 Å². The van der Waals surface area contributed by atoms with Crippen molar-refractivity contribution in [1.29, 1.82) is 5.26 Å². The minimum atomic E-state index is -0.749. The summed E-state index contributed by atoms with van der Waals surface area (Å²) in [6.07, 6.45) is -0.674. The SMILES string of the molecule is Cc1cc(OCC(O)CC#N)cc(C)c1Cl. The van der Waals surface area contributed by atoms with Crippen LogP contribution in [0.4, 0.5) is 0 Å². The molecule has 0 aliphatic rings. The van der Waals surface area contributed by atoms with E-state index in [1.807, 2.05) is 32.0 Å². The third kappa shape index (κ3) is 3.41. The molecule has 0 fully saturated rings. The van der Waals surface area contributed by atoms with Crippen LogP contribution in [-0.2, 0) is 0 Å². The molecule has 86 valence electrons. The van der Waals surface area contributed by atoms with Crippen molar-refractivity contribution in [2.24, 2.45) is 0 Å². The van der Waals surface area contributed by atoms with E-state index in [2.05, 4.69) is 0 Å². The maximum Gasteiger partial charge on any atom is 0.120 e. The first-order valence-electron chi connectivity index (χ1n) is 4.99. The second kappa shape index (κ2) is 5.74. The van der Waals surface area contributed by atoms with Crippen LogP contribution in [0.25, 0.3) is 0 Å². The second-order valence-electron chi connectivity index (χ2n) is 3.70. The topological polar surface area (TPSA) is 53.2 Å². The van der Waals surface area contributed by atoms with Crippen LogP contribution < -0.4 is 4.74 Å². The fourth-order valence-corrected chi connectivity index (χ4v) is 1.46. The minimum Gasteiger partial charge on any atom is -0.491 e. The molecule has 0 radical (unpaired) electrons. The zero-order chi connectivity index (χ0) is 12.1. The zero-order valence-corrected chi connectivity index (χ0v) is 10.1. The molecular formula is C12H14ClNO2. The average Bonchev–Trinajstić information content (AvgIpc) is 2.23. The first kappa shape index (κ1) is 12.8. The number of rotatable bonds is 4. The number of aryl methyl sites for hydroxylation is 2. The number of nitrogens with zero attached hydrogens (tertiary/aromatic N) is 1. The fourth-order valence-electron chi connectivity index (χ4n) is 1.35. The lowest BCUT2D eigenvalue weighted by atomic mass is 10.1. The lowest BCUT2D eigenvalue weighted by Crippen LogP contribution is -2.16. The van der Waals surface area contributed by atoms with Gasteiger partial charge in [-0.1, -0.05) is 11.6 Å². The summed E-state index contributed by atoms with van der Waals surface area (Å²) in [4.78, 5) is 0. The van der Waals surface area contributed by atoms with Gasteiger partial charge in [-0.2, -0.15) is 5.26 Å². The van der Waals surface area contributed by atoms with Crippen LogP contribution >= 0.6 is 11.6 Å². The predicted molar refractivity (Wildman–Crippen MR) is 62.7 cm³/mol. The smallest absolute Gasteiger partial charge is 0.120 e. The predicted octanol–water partition coefficient (Wildman–Crippen LogP) is 2.61. The van der Waals surface area contributed by atoms with Crippen molar-refractivity contribution in [1.82, 2.24) is 0 Å². The van der Waals surface area contributed by atoms with Gasteiger partial charge in [-0.25, -0.2) is 0 Å². The van der Waals surface area contributed by atoms with Crippen LogP contribution in [-0.4, -0.2) is 17.8 Å². The molecule has 0 bridgehead atoms. The monoisotopic (exact) mass is 239 g/mol. The van der Waals surface area contributed by atoms with E-state index in [0.717, 1.165) is 16.1 Å². The number of ether oxygens (including phenoxy) is 1. The number of hydrogen-bond donors (Lipinski definition) is 1. The Hall–Kier alpha value is -1.24. The van der Waals surface area contributed by atoms with Gasteiger partial charge in [0.25, 0.3) is 0 Å². The Bertz CT molecular complexity index is 389. The molecule has 0 amide bonds. The van der Waals surface area contributed by atoms with E-state index >= 15 is 0 Å². The molecule has 0 aliphatic carbocycles. The van der Waals surface area contributed by atoms with Crippen molar-refractivity contribution in [2.45, 2.75) is 26.4 Å². The van der Waals surface area contributed by atoms with E-state index in [1.165, 1.54) is 0 Å². The van der Waals surface area contributed by atoms with Gasteiger partial charge in [-0.3, -0.25) is 0 Å². The highest BCUT2D eigenvalue weighted by atomic mass is 35.5. The number of benzene rings is 1. The largest absolute Gasteiger partial charge is 0.491 e. The Balaban J connectivity index is 2.65. The summed E-state index contributed by atoms with van der Waals surface area (Å²) in [6, 6.07) is 5.51. The van der Waals surface area contributed by atoms with Crippen molar-refractivity contribution in [3.63, 3.8) is 0 Å². The molecule has 16 heavy (non-hydrogen) atoms. The van der Waals surface area contributed by atoms with Crippen molar-refractivity contribution in [3.05, 3.63) is 28.3 Å². The quantitative estimate of drug-likeness (QED) is 0.879. The highest BCUT2D eigenvalue weighted by molar-refractivity contribution is 6.32. The fraction of sp³-hybridized carbons (Fsp3) is 0.417. The maximum atomic E-state index is 9.33. The first-order chi connectivity index (χ1) is 7.54. The van der Waals surface area contributed by atoms with Crippen LogP contribution in [0.2, 0.25) is 5.02 Å². The molecular weight excluding hydrogens is 226 g/mol. The molecule has 1 aromatic rings. The molecule has 0 aromatic heterocycles. The number of nitriles is 1. The molecule has 0 spiro atoms. The highest BCUT2D eigenvalue weighted by Gasteiger charge is 2.07. The van der Waals surface area contributed by atoms with Crippen LogP contribution in [0.5, 0.6) is 5.75 Å². The normalized spacial score (nSPS) is 11.9. The van der Waals surface area contributed by atoms with Gasteiger partial charge in [-0.15, -0.1) is 0 Å². The summed E-state index contributed by atoms with van der Waals surface area (Å²) in [5.41, 5.74) is 1.87. The van der Waals surface area contributed by atoms with Crippen LogP contribution in [0.15, 0.2) is 12.1 Å².